The van der Waals surface area contributed by atoms with Gasteiger partial charge >= 0.3 is 0 Å². The number of halogens is 1. The van der Waals surface area contributed by atoms with Crippen LogP contribution in [-0.2, 0) is 11.2 Å². The van der Waals surface area contributed by atoms with Gasteiger partial charge in [-0.25, -0.2) is 0 Å². The standard InChI is InChI=1S/C17H25ClO3/c1-5-14-17(21-14)11(4)8-12-9-15(19-6-2)16(20-7-3)10-13(12)18/h9-11,14,17H,5-8H2,1-4H3. The van der Waals surface area contributed by atoms with Crippen molar-refractivity contribution < 1.29 is 14.2 Å². The molecule has 1 aromatic carbocycles. The van der Waals surface area contributed by atoms with Crippen LogP contribution in [0.1, 0.15) is 39.7 Å². The number of epoxide rings is 1. The topological polar surface area (TPSA) is 31.0 Å². The van der Waals surface area contributed by atoms with Crippen LogP contribution < -0.4 is 9.47 Å². The molecule has 21 heavy (non-hydrogen) atoms. The average molecular weight is 313 g/mol. The molecule has 1 aliphatic heterocycles. The summed E-state index contributed by atoms with van der Waals surface area (Å²) in [5, 5.41) is 0.738. The zero-order valence-electron chi connectivity index (χ0n) is 13.3. The first-order chi connectivity index (χ1) is 10.1. The van der Waals surface area contributed by atoms with Gasteiger partial charge in [0.05, 0.1) is 25.4 Å². The molecule has 1 aromatic rings. The first-order valence-corrected chi connectivity index (χ1v) is 8.21. The van der Waals surface area contributed by atoms with E-state index in [-0.39, 0.29) is 0 Å². The average Bonchev–Trinajstić information content (AvgIpc) is 3.24. The van der Waals surface area contributed by atoms with Crippen molar-refractivity contribution in [2.24, 2.45) is 5.92 Å². The SMILES string of the molecule is CCOc1cc(Cl)c(CC(C)C2OC2CC)cc1OCC. The van der Waals surface area contributed by atoms with E-state index in [0.29, 0.717) is 31.3 Å². The fraction of sp³-hybridized carbons (Fsp3) is 0.647. The molecule has 0 spiro atoms. The van der Waals surface area contributed by atoms with E-state index in [4.69, 9.17) is 25.8 Å². The summed E-state index contributed by atoms with van der Waals surface area (Å²) in [5.41, 5.74) is 1.10. The van der Waals surface area contributed by atoms with Crippen LogP contribution in [0.5, 0.6) is 11.5 Å². The highest BCUT2D eigenvalue weighted by atomic mass is 35.5. The van der Waals surface area contributed by atoms with Crippen LogP contribution in [-0.4, -0.2) is 25.4 Å². The fourth-order valence-electron chi connectivity index (χ4n) is 2.72. The van der Waals surface area contributed by atoms with Crippen LogP contribution in [0.4, 0.5) is 0 Å². The normalized spacial score (nSPS) is 22.0. The minimum Gasteiger partial charge on any atom is -0.490 e. The predicted octanol–water partition coefficient (Wildman–Crippen LogP) is 4.49. The van der Waals surface area contributed by atoms with Gasteiger partial charge < -0.3 is 14.2 Å². The summed E-state index contributed by atoms with van der Waals surface area (Å²) in [4.78, 5) is 0. The van der Waals surface area contributed by atoms with Gasteiger partial charge in [0.15, 0.2) is 11.5 Å². The van der Waals surface area contributed by atoms with E-state index in [1.165, 1.54) is 0 Å². The minimum absolute atomic E-state index is 0.369. The number of hydrogen-bond acceptors (Lipinski definition) is 3. The second-order valence-corrected chi connectivity index (χ2v) is 5.89. The molecule has 0 aliphatic carbocycles. The molecule has 3 unspecified atom stereocenters. The van der Waals surface area contributed by atoms with Crippen molar-refractivity contribution in [2.45, 2.75) is 52.7 Å². The highest BCUT2D eigenvalue weighted by molar-refractivity contribution is 6.31. The van der Waals surface area contributed by atoms with Gasteiger partial charge in [0, 0.05) is 11.1 Å². The van der Waals surface area contributed by atoms with Crippen LogP contribution in [0.15, 0.2) is 12.1 Å². The Bertz CT molecular complexity index is 475. The molecule has 0 bridgehead atoms. The van der Waals surface area contributed by atoms with Gasteiger partial charge in [-0.2, -0.15) is 0 Å². The van der Waals surface area contributed by atoms with E-state index in [1.807, 2.05) is 26.0 Å². The van der Waals surface area contributed by atoms with Crippen LogP contribution in [0.2, 0.25) is 5.02 Å². The minimum atomic E-state index is 0.369. The van der Waals surface area contributed by atoms with Gasteiger partial charge in [0.25, 0.3) is 0 Å². The summed E-state index contributed by atoms with van der Waals surface area (Å²) in [5.74, 6) is 1.95. The second kappa shape index (κ2) is 7.37. The molecule has 0 saturated carbocycles. The number of rotatable bonds is 8. The quantitative estimate of drug-likeness (QED) is 0.662. The molecule has 4 heteroatoms. The molecular weight excluding hydrogens is 288 g/mol. The molecular formula is C17H25ClO3. The smallest absolute Gasteiger partial charge is 0.162 e. The van der Waals surface area contributed by atoms with E-state index in [0.717, 1.165) is 34.9 Å². The number of ether oxygens (including phenoxy) is 3. The van der Waals surface area contributed by atoms with Crippen molar-refractivity contribution in [1.82, 2.24) is 0 Å². The van der Waals surface area contributed by atoms with E-state index in [9.17, 15) is 0 Å². The summed E-state index contributed by atoms with van der Waals surface area (Å²) < 4.78 is 16.9. The summed E-state index contributed by atoms with van der Waals surface area (Å²) in [6.45, 7) is 9.51. The van der Waals surface area contributed by atoms with Gasteiger partial charge in [0.1, 0.15) is 0 Å². The summed E-state index contributed by atoms with van der Waals surface area (Å²) >= 11 is 6.40. The van der Waals surface area contributed by atoms with Gasteiger partial charge in [-0.3, -0.25) is 0 Å². The highest BCUT2D eigenvalue weighted by Crippen LogP contribution is 2.38. The van der Waals surface area contributed by atoms with E-state index < -0.39 is 0 Å². The molecule has 0 amide bonds. The van der Waals surface area contributed by atoms with Gasteiger partial charge in [-0.15, -0.1) is 0 Å². The molecule has 1 aliphatic rings. The fourth-order valence-corrected chi connectivity index (χ4v) is 2.95. The van der Waals surface area contributed by atoms with Gasteiger partial charge in [-0.1, -0.05) is 25.4 Å². The van der Waals surface area contributed by atoms with Crippen LogP contribution in [0.3, 0.4) is 0 Å². The van der Waals surface area contributed by atoms with Crippen molar-refractivity contribution in [2.75, 3.05) is 13.2 Å². The Morgan fingerprint density at radius 2 is 1.76 bits per heavy atom. The summed E-state index contributed by atoms with van der Waals surface area (Å²) in [6.07, 6.45) is 2.77. The van der Waals surface area contributed by atoms with E-state index in [1.54, 1.807) is 0 Å². The summed E-state index contributed by atoms with van der Waals surface area (Å²) in [7, 11) is 0. The van der Waals surface area contributed by atoms with Crippen molar-refractivity contribution in [3.63, 3.8) is 0 Å². The Labute approximate surface area is 132 Å². The molecule has 118 valence electrons. The Morgan fingerprint density at radius 1 is 1.14 bits per heavy atom. The van der Waals surface area contributed by atoms with E-state index >= 15 is 0 Å². The Hall–Kier alpha value is -0.930. The lowest BCUT2D eigenvalue weighted by molar-refractivity contribution is 0.287. The first-order valence-electron chi connectivity index (χ1n) is 7.84. The van der Waals surface area contributed by atoms with Crippen molar-refractivity contribution in [1.29, 1.82) is 0 Å². The Balaban J connectivity index is 2.13. The molecule has 3 nitrogen and oxygen atoms in total. The molecule has 0 aromatic heterocycles. The van der Waals surface area contributed by atoms with Crippen molar-refractivity contribution in [3.05, 3.63) is 22.7 Å². The lowest BCUT2D eigenvalue weighted by Crippen LogP contribution is -2.10. The molecule has 1 saturated heterocycles. The third-order valence-electron chi connectivity index (χ3n) is 3.84. The maximum absolute atomic E-state index is 6.40. The lowest BCUT2D eigenvalue weighted by atomic mass is 9.95. The van der Waals surface area contributed by atoms with E-state index in [2.05, 4.69) is 13.8 Å². The highest BCUT2D eigenvalue weighted by Gasteiger charge is 2.41. The largest absolute Gasteiger partial charge is 0.490 e. The third kappa shape index (κ3) is 4.04. The molecule has 0 radical (unpaired) electrons. The first kappa shape index (κ1) is 16.4. The number of benzene rings is 1. The predicted molar refractivity (Wildman–Crippen MR) is 85.6 cm³/mol. The van der Waals surface area contributed by atoms with Gasteiger partial charge in [0.2, 0.25) is 0 Å². The molecule has 1 fully saturated rings. The Kier molecular flexibility index (Phi) is 5.77. The monoisotopic (exact) mass is 312 g/mol. The molecule has 2 rings (SSSR count). The number of hydrogen-bond donors (Lipinski definition) is 0. The maximum atomic E-state index is 6.40. The van der Waals surface area contributed by atoms with Crippen molar-refractivity contribution in [3.8, 4) is 11.5 Å². The second-order valence-electron chi connectivity index (χ2n) is 5.49. The van der Waals surface area contributed by atoms with Gasteiger partial charge in [-0.05, 0) is 44.2 Å². The summed E-state index contributed by atoms with van der Waals surface area (Å²) in [6, 6.07) is 3.87. The zero-order chi connectivity index (χ0) is 15.4. The molecule has 1 heterocycles. The third-order valence-corrected chi connectivity index (χ3v) is 4.19. The Morgan fingerprint density at radius 3 is 2.29 bits per heavy atom. The lowest BCUT2D eigenvalue weighted by Gasteiger charge is -2.16. The van der Waals surface area contributed by atoms with Crippen LogP contribution >= 0.6 is 11.6 Å². The van der Waals surface area contributed by atoms with Crippen LogP contribution in [0.25, 0.3) is 0 Å². The van der Waals surface area contributed by atoms with Crippen molar-refractivity contribution >= 4 is 11.6 Å². The molecule has 3 atom stereocenters. The molecule has 0 N–H and O–H groups in total. The van der Waals surface area contributed by atoms with Crippen LogP contribution in [0, 0.1) is 5.92 Å². The maximum Gasteiger partial charge on any atom is 0.162 e. The zero-order valence-corrected chi connectivity index (χ0v) is 14.1.